The van der Waals surface area contributed by atoms with Gasteiger partial charge in [0.15, 0.2) is 0 Å². The van der Waals surface area contributed by atoms with Crippen LogP contribution in [0.5, 0.6) is 5.75 Å². The Hall–Kier alpha value is -3.80. The summed E-state index contributed by atoms with van der Waals surface area (Å²) in [6.07, 6.45) is 0. The lowest BCUT2D eigenvalue weighted by Gasteiger charge is -2.21. The maximum absolute atomic E-state index is 13.0. The second-order valence-corrected chi connectivity index (χ2v) is 11.6. The van der Waals surface area contributed by atoms with E-state index in [1.807, 2.05) is 56.3 Å². The highest BCUT2D eigenvalue weighted by Gasteiger charge is 2.20. The number of amides is 4. The molecule has 4 amide bonds. The van der Waals surface area contributed by atoms with Gasteiger partial charge in [0.25, 0.3) is 5.91 Å². The van der Waals surface area contributed by atoms with E-state index >= 15 is 0 Å². The SMILES string of the molecule is Cc1ccc2cccc(OCc3c(Cl)ccc(N(C)C(=O)CNC(=O)Nc4cccc(C(=O)N(C)CCN(C)C)c4)c3Cl)c2n1.Cl.Cl. The van der Waals surface area contributed by atoms with Crippen LogP contribution in [-0.4, -0.2) is 80.5 Å². The largest absolute Gasteiger partial charge is 0.487 e. The van der Waals surface area contributed by atoms with Crippen molar-refractivity contribution in [3.05, 3.63) is 93.6 Å². The Balaban J connectivity index is 0.00000384. The van der Waals surface area contributed by atoms with Gasteiger partial charge < -0.3 is 30.1 Å². The molecular formula is C33H38Cl4N6O4. The number of carbonyl (C=O) groups is 3. The lowest BCUT2D eigenvalue weighted by molar-refractivity contribution is -0.117. The van der Waals surface area contributed by atoms with Crippen LogP contribution in [0.4, 0.5) is 16.2 Å². The fourth-order valence-electron chi connectivity index (χ4n) is 4.45. The van der Waals surface area contributed by atoms with E-state index in [2.05, 4.69) is 15.6 Å². The van der Waals surface area contributed by atoms with E-state index in [4.69, 9.17) is 27.9 Å². The summed E-state index contributed by atoms with van der Waals surface area (Å²) < 4.78 is 6.08. The Morgan fingerprint density at radius 1 is 0.894 bits per heavy atom. The summed E-state index contributed by atoms with van der Waals surface area (Å²) in [5.41, 5.74) is 3.36. The molecule has 0 radical (unpaired) electrons. The average Bonchev–Trinajstić information content (AvgIpc) is 3.02. The molecule has 0 unspecified atom stereocenters. The highest BCUT2D eigenvalue weighted by atomic mass is 35.5. The van der Waals surface area contributed by atoms with Gasteiger partial charge >= 0.3 is 6.03 Å². The first-order chi connectivity index (χ1) is 21.4. The molecule has 47 heavy (non-hydrogen) atoms. The first-order valence-electron chi connectivity index (χ1n) is 14.2. The standard InChI is InChI=1S/C33H36Cl2N6O4.2ClH/c1-21-12-13-22-8-7-11-28(31(22)37-21)45-20-25-26(34)14-15-27(30(25)35)41(5)29(42)19-36-33(44)38-24-10-6-9-23(18-24)32(43)40(4)17-16-39(2)3;;/h6-15,18H,16-17,19-20H2,1-5H3,(H2,36,38,44);2*1H. The van der Waals surface area contributed by atoms with Crippen LogP contribution in [0.25, 0.3) is 10.9 Å². The zero-order chi connectivity index (χ0) is 32.7. The summed E-state index contributed by atoms with van der Waals surface area (Å²) in [5.74, 6) is 0.00671. The number of aromatic nitrogens is 1. The third kappa shape index (κ3) is 10.3. The number of urea groups is 1. The number of para-hydroxylation sites is 1. The van der Waals surface area contributed by atoms with E-state index in [9.17, 15) is 14.4 Å². The molecular weight excluding hydrogens is 686 g/mol. The second kappa shape index (κ2) is 17.9. The van der Waals surface area contributed by atoms with E-state index in [0.29, 0.717) is 39.8 Å². The molecule has 1 heterocycles. The molecule has 0 saturated carbocycles. The van der Waals surface area contributed by atoms with Crippen molar-refractivity contribution < 1.29 is 19.1 Å². The topological polar surface area (TPSA) is 107 Å². The van der Waals surface area contributed by atoms with Crippen molar-refractivity contribution in [2.75, 3.05) is 58.0 Å². The van der Waals surface area contributed by atoms with Gasteiger partial charge in [-0.2, -0.15) is 0 Å². The normalized spacial score (nSPS) is 10.5. The van der Waals surface area contributed by atoms with Crippen LogP contribution in [0.15, 0.2) is 66.7 Å². The third-order valence-corrected chi connectivity index (χ3v) is 7.87. The van der Waals surface area contributed by atoms with E-state index in [-0.39, 0.29) is 48.9 Å². The average molecular weight is 725 g/mol. The van der Waals surface area contributed by atoms with Gasteiger partial charge in [-0.15, -0.1) is 24.8 Å². The zero-order valence-corrected chi connectivity index (χ0v) is 29.8. The molecule has 0 saturated heterocycles. The number of nitrogens with zero attached hydrogens (tertiary/aromatic N) is 4. The van der Waals surface area contributed by atoms with Gasteiger partial charge in [0.05, 0.1) is 17.3 Å². The first kappa shape index (κ1) is 39.4. The molecule has 252 valence electrons. The molecule has 2 N–H and O–H groups in total. The highest BCUT2D eigenvalue weighted by molar-refractivity contribution is 6.38. The fraction of sp³-hybridized carbons (Fsp3) is 0.273. The maximum Gasteiger partial charge on any atom is 0.319 e. The molecule has 0 aliphatic heterocycles. The van der Waals surface area contributed by atoms with E-state index in [1.165, 1.54) is 4.90 Å². The van der Waals surface area contributed by atoms with E-state index in [0.717, 1.165) is 23.1 Å². The smallest absolute Gasteiger partial charge is 0.319 e. The predicted molar refractivity (Wildman–Crippen MR) is 194 cm³/mol. The van der Waals surface area contributed by atoms with Crippen molar-refractivity contribution in [2.45, 2.75) is 13.5 Å². The van der Waals surface area contributed by atoms with Crippen LogP contribution in [-0.2, 0) is 11.4 Å². The highest BCUT2D eigenvalue weighted by Crippen LogP contribution is 2.35. The number of benzene rings is 3. The molecule has 14 heteroatoms. The molecule has 1 aromatic heterocycles. The summed E-state index contributed by atoms with van der Waals surface area (Å²) >= 11 is 13.2. The van der Waals surface area contributed by atoms with Crippen molar-refractivity contribution in [1.82, 2.24) is 20.1 Å². The number of rotatable bonds is 11. The van der Waals surface area contributed by atoms with Crippen LogP contribution in [0.1, 0.15) is 21.6 Å². The molecule has 4 rings (SSSR count). The van der Waals surface area contributed by atoms with Crippen molar-refractivity contribution >= 4 is 88.1 Å². The van der Waals surface area contributed by atoms with Gasteiger partial charge in [-0.1, -0.05) is 47.5 Å². The van der Waals surface area contributed by atoms with Gasteiger partial charge in [-0.05, 0) is 63.5 Å². The van der Waals surface area contributed by atoms with Gasteiger partial charge in [-0.3, -0.25) is 9.59 Å². The predicted octanol–water partition coefficient (Wildman–Crippen LogP) is 6.69. The minimum absolute atomic E-state index is 0. The molecule has 0 aliphatic rings. The molecule has 10 nitrogen and oxygen atoms in total. The van der Waals surface area contributed by atoms with Crippen molar-refractivity contribution in [3.8, 4) is 5.75 Å². The zero-order valence-electron chi connectivity index (χ0n) is 26.7. The van der Waals surface area contributed by atoms with Gasteiger partial charge in [0.1, 0.15) is 17.9 Å². The molecule has 0 spiro atoms. The number of carbonyl (C=O) groups excluding carboxylic acids is 3. The van der Waals surface area contributed by atoms with Crippen molar-refractivity contribution in [3.63, 3.8) is 0 Å². The number of pyridine rings is 1. The second-order valence-electron chi connectivity index (χ2n) is 10.8. The number of hydrogen-bond acceptors (Lipinski definition) is 6. The molecule has 0 aliphatic carbocycles. The Bertz CT molecular complexity index is 1720. The van der Waals surface area contributed by atoms with Gasteiger partial charge in [0.2, 0.25) is 5.91 Å². The van der Waals surface area contributed by atoms with Crippen molar-refractivity contribution in [1.29, 1.82) is 0 Å². The summed E-state index contributed by atoms with van der Waals surface area (Å²) in [6.45, 7) is 2.94. The van der Waals surface area contributed by atoms with Crippen molar-refractivity contribution in [2.24, 2.45) is 0 Å². The minimum Gasteiger partial charge on any atom is -0.487 e. The van der Waals surface area contributed by atoms with Gasteiger partial charge in [-0.25, -0.2) is 9.78 Å². The Labute approximate surface area is 297 Å². The summed E-state index contributed by atoms with van der Waals surface area (Å²) in [4.78, 5) is 48.0. The fourth-order valence-corrected chi connectivity index (χ4v) is 5.05. The first-order valence-corrected chi connectivity index (χ1v) is 15.0. The maximum atomic E-state index is 13.0. The number of ether oxygens (including phenoxy) is 1. The van der Waals surface area contributed by atoms with Crippen LogP contribution in [0.2, 0.25) is 10.0 Å². The Kier molecular flexibility index (Phi) is 15.0. The summed E-state index contributed by atoms with van der Waals surface area (Å²) in [6, 6.07) is 18.9. The minimum atomic E-state index is -0.600. The van der Waals surface area contributed by atoms with Crippen LogP contribution in [0.3, 0.4) is 0 Å². The third-order valence-electron chi connectivity index (χ3n) is 7.09. The molecule has 0 atom stereocenters. The summed E-state index contributed by atoms with van der Waals surface area (Å²) in [7, 11) is 7.16. The van der Waals surface area contributed by atoms with Crippen LogP contribution < -0.4 is 20.3 Å². The Morgan fingerprint density at radius 2 is 1.62 bits per heavy atom. The lowest BCUT2D eigenvalue weighted by atomic mass is 10.1. The van der Waals surface area contributed by atoms with Crippen LogP contribution >= 0.6 is 48.0 Å². The lowest BCUT2D eigenvalue weighted by Crippen LogP contribution is -2.40. The number of fused-ring (bicyclic) bond motifs is 1. The molecule has 4 aromatic rings. The quantitative estimate of drug-likeness (QED) is 0.179. The van der Waals surface area contributed by atoms with Crippen LogP contribution in [0, 0.1) is 6.92 Å². The number of aryl methyl sites for hydroxylation is 1. The summed E-state index contributed by atoms with van der Waals surface area (Å²) in [5, 5.41) is 6.81. The molecule has 3 aromatic carbocycles. The van der Waals surface area contributed by atoms with Gasteiger partial charge in [0, 0.05) is 60.1 Å². The number of hydrogen-bond donors (Lipinski definition) is 2. The molecule has 0 fully saturated rings. The number of nitrogens with one attached hydrogen (secondary N) is 2. The number of anilines is 2. The van der Waals surface area contributed by atoms with E-state index in [1.54, 1.807) is 55.4 Å². The molecule has 0 bridgehead atoms. The monoisotopic (exact) mass is 722 g/mol. The van der Waals surface area contributed by atoms with E-state index < -0.39 is 11.9 Å². The number of likely N-dealkylation sites (N-methyl/N-ethyl adjacent to an activating group) is 3. The number of halogens is 4. The Morgan fingerprint density at radius 3 is 2.34 bits per heavy atom.